The molecule has 5 nitrogen and oxygen atoms in total. The first-order valence-corrected chi connectivity index (χ1v) is 6.20. The standard InChI is InChI=1S/C14H12N2O3S/c17-12-4-2-1-3-11(12)14(19)15-10-7-5-9(6-8-10)13(18)16-20/h1-8,17,20H,(H,15,19)(H,16,18). The lowest BCUT2D eigenvalue weighted by molar-refractivity contribution is 0.0983. The van der Waals surface area contributed by atoms with Crippen molar-refractivity contribution < 1.29 is 14.7 Å². The summed E-state index contributed by atoms with van der Waals surface area (Å²) in [6.45, 7) is 0. The number of hydrogen-bond acceptors (Lipinski definition) is 4. The van der Waals surface area contributed by atoms with Crippen LogP contribution in [0.3, 0.4) is 0 Å². The van der Waals surface area contributed by atoms with Crippen molar-refractivity contribution in [2.45, 2.75) is 0 Å². The van der Waals surface area contributed by atoms with Crippen LogP contribution in [0.5, 0.6) is 5.75 Å². The maximum atomic E-state index is 11.9. The number of carbonyl (C=O) groups is 2. The van der Waals surface area contributed by atoms with Gasteiger partial charge in [0.05, 0.1) is 5.56 Å². The zero-order chi connectivity index (χ0) is 14.5. The summed E-state index contributed by atoms with van der Waals surface area (Å²) in [5, 5.41) is 12.2. The Balaban J connectivity index is 2.13. The average Bonchev–Trinajstić information content (AvgIpc) is 2.47. The van der Waals surface area contributed by atoms with Crippen LogP contribution in [0.4, 0.5) is 5.69 Å². The molecule has 102 valence electrons. The molecule has 0 bridgehead atoms. The van der Waals surface area contributed by atoms with Gasteiger partial charge in [0.1, 0.15) is 5.75 Å². The third kappa shape index (κ3) is 3.10. The van der Waals surface area contributed by atoms with E-state index in [1.165, 1.54) is 12.1 Å². The maximum Gasteiger partial charge on any atom is 0.260 e. The number of carbonyl (C=O) groups excluding carboxylic acids is 2. The van der Waals surface area contributed by atoms with Crippen LogP contribution in [-0.2, 0) is 0 Å². The summed E-state index contributed by atoms with van der Waals surface area (Å²) in [7, 11) is 0. The van der Waals surface area contributed by atoms with E-state index in [4.69, 9.17) is 0 Å². The number of rotatable bonds is 3. The number of thiol groups is 1. The zero-order valence-corrected chi connectivity index (χ0v) is 11.2. The molecule has 2 amide bonds. The Bertz CT molecular complexity index is 641. The molecular weight excluding hydrogens is 276 g/mol. The molecule has 0 fully saturated rings. The number of phenols is 1. The molecular formula is C14H12N2O3S. The highest BCUT2D eigenvalue weighted by Crippen LogP contribution is 2.18. The van der Waals surface area contributed by atoms with Gasteiger partial charge in [-0.1, -0.05) is 24.9 Å². The minimum absolute atomic E-state index is 0.0870. The second kappa shape index (κ2) is 6.12. The summed E-state index contributed by atoms with van der Waals surface area (Å²) in [6.07, 6.45) is 0. The highest BCUT2D eigenvalue weighted by molar-refractivity contribution is 7.78. The highest BCUT2D eigenvalue weighted by atomic mass is 32.1. The normalized spacial score (nSPS) is 9.85. The second-order valence-electron chi connectivity index (χ2n) is 3.99. The molecule has 0 aliphatic rings. The first-order valence-electron chi connectivity index (χ1n) is 5.75. The van der Waals surface area contributed by atoms with E-state index in [-0.39, 0.29) is 17.2 Å². The Morgan fingerprint density at radius 1 is 0.950 bits per heavy atom. The van der Waals surface area contributed by atoms with Crippen molar-refractivity contribution in [3.05, 3.63) is 59.7 Å². The Hall–Kier alpha value is -2.47. The molecule has 20 heavy (non-hydrogen) atoms. The van der Waals surface area contributed by atoms with Crippen LogP contribution >= 0.6 is 12.8 Å². The lowest BCUT2D eigenvalue weighted by Gasteiger charge is -2.07. The third-order valence-electron chi connectivity index (χ3n) is 2.66. The first-order chi connectivity index (χ1) is 9.61. The Labute approximate surface area is 121 Å². The van der Waals surface area contributed by atoms with E-state index in [0.717, 1.165) is 0 Å². The quantitative estimate of drug-likeness (QED) is 0.654. The number of para-hydroxylation sites is 1. The van der Waals surface area contributed by atoms with Crippen molar-refractivity contribution in [1.82, 2.24) is 4.72 Å². The summed E-state index contributed by atoms with van der Waals surface area (Å²) < 4.78 is 2.21. The molecule has 0 radical (unpaired) electrons. The van der Waals surface area contributed by atoms with E-state index in [9.17, 15) is 14.7 Å². The molecule has 0 aliphatic carbocycles. The Morgan fingerprint density at radius 3 is 2.20 bits per heavy atom. The van der Waals surface area contributed by atoms with Crippen molar-refractivity contribution in [3.63, 3.8) is 0 Å². The van der Waals surface area contributed by atoms with Crippen LogP contribution in [0.2, 0.25) is 0 Å². The summed E-state index contributed by atoms with van der Waals surface area (Å²) in [4.78, 5) is 23.3. The minimum Gasteiger partial charge on any atom is -0.507 e. The summed E-state index contributed by atoms with van der Waals surface area (Å²) in [6, 6.07) is 12.6. The van der Waals surface area contributed by atoms with Gasteiger partial charge in [-0.3, -0.25) is 14.3 Å². The van der Waals surface area contributed by atoms with Gasteiger partial charge in [-0.2, -0.15) is 0 Å². The number of aromatic hydroxyl groups is 1. The van der Waals surface area contributed by atoms with E-state index in [0.29, 0.717) is 11.3 Å². The molecule has 0 aromatic heterocycles. The van der Waals surface area contributed by atoms with Crippen molar-refractivity contribution in [2.75, 3.05) is 5.32 Å². The summed E-state index contributed by atoms with van der Waals surface area (Å²) in [5.74, 6) is -0.836. The van der Waals surface area contributed by atoms with Crippen LogP contribution in [-0.4, -0.2) is 16.9 Å². The average molecular weight is 288 g/mol. The topological polar surface area (TPSA) is 78.4 Å². The van der Waals surface area contributed by atoms with Gasteiger partial charge in [0.15, 0.2) is 0 Å². The molecule has 0 saturated heterocycles. The Kier molecular flexibility index (Phi) is 4.27. The van der Waals surface area contributed by atoms with Gasteiger partial charge in [-0.25, -0.2) is 0 Å². The smallest absolute Gasteiger partial charge is 0.260 e. The fourth-order valence-electron chi connectivity index (χ4n) is 1.63. The predicted molar refractivity (Wildman–Crippen MR) is 79.0 cm³/mol. The monoisotopic (exact) mass is 288 g/mol. The number of nitrogens with one attached hydrogen (secondary N) is 2. The summed E-state index contributed by atoms with van der Waals surface area (Å²) in [5.41, 5.74) is 1.14. The van der Waals surface area contributed by atoms with Gasteiger partial charge in [0.25, 0.3) is 11.8 Å². The van der Waals surface area contributed by atoms with Crippen molar-refractivity contribution in [2.24, 2.45) is 0 Å². The molecule has 0 heterocycles. The number of phenolic OH excluding ortho intramolecular Hbond substituents is 1. The van der Waals surface area contributed by atoms with Gasteiger partial charge in [0.2, 0.25) is 0 Å². The molecule has 6 heteroatoms. The lowest BCUT2D eigenvalue weighted by atomic mass is 10.1. The molecule has 2 aromatic rings. The Morgan fingerprint density at radius 2 is 1.60 bits per heavy atom. The van der Waals surface area contributed by atoms with Crippen LogP contribution in [0, 0.1) is 0 Å². The maximum absolute atomic E-state index is 11.9. The number of anilines is 1. The van der Waals surface area contributed by atoms with E-state index >= 15 is 0 Å². The minimum atomic E-state index is -0.422. The van der Waals surface area contributed by atoms with E-state index in [1.807, 2.05) is 0 Å². The van der Waals surface area contributed by atoms with E-state index < -0.39 is 5.91 Å². The van der Waals surface area contributed by atoms with Gasteiger partial charge >= 0.3 is 0 Å². The molecule has 2 rings (SSSR count). The van der Waals surface area contributed by atoms with Crippen molar-refractivity contribution in [3.8, 4) is 5.75 Å². The fourth-order valence-corrected chi connectivity index (χ4v) is 1.76. The molecule has 3 N–H and O–H groups in total. The third-order valence-corrected chi connectivity index (χ3v) is 2.86. The van der Waals surface area contributed by atoms with Crippen molar-refractivity contribution in [1.29, 1.82) is 0 Å². The summed E-state index contributed by atoms with van der Waals surface area (Å²) >= 11 is 3.67. The molecule has 0 unspecified atom stereocenters. The predicted octanol–water partition coefficient (Wildman–Crippen LogP) is 2.22. The van der Waals surface area contributed by atoms with E-state index in [2.05, 4.69) is 22.9 Å². The van der Waals surface area contributed by atoms with Gasteiger partial charge in [0, 0.05) is 11.3 Å². The van der Waals surface area contributed by atoms with Crippen LogP contribution < -0.4 is 10.0 Å². The van der Waals surface area contributed by atoms with Crippen LogP contribution in [0.1, 0.15) is 20.7 Å². The van der Waals surface area contributed by atoms with Crippen LogP contribution in [0.25, 0.3) is 0 Å². The molecule has 2 aromatic carbocycles. The van der Waals surface area contributed by atoms with Crippen molar-refractivity contribution >= 4 is 30.3 Å². The number of benzene rings is 2. The van der Waals surface area contributed by atoms with Gasteiger partial charge < -0.3 is 10.4 Å². The highest BCUT2D eigenvalue weighted by Gasteiger charge is 2.10. The van der Waals surface area contributed by atoms with E-state index in [1.54, 1.807) is 36.4 Å². The zero-order valence-electron chi connectivity index (χ0n) is 10.3. The number of hydrogen-bond donors (Lipinski definition) is 4. The molecule has 0 atom stereocenters. The molecule has 0 saturated carbocycles. The van der Waals surface area contributed by atoms with Crippen LogP contribution in [0.15, 0.2) is 48.5 Å². The number of amides is 2. The van der Waals surface area contributed by atoms with Gasteiger partial charge in [-0.05, 0) is 36.4 Å². The largest absolute Gasteiger partial charge is 0.507 e. The molecule has 0 aliphatic heterocycles. The fraction of sp³-hybridized carbons (Fsp3) is 0. The second-order valence-corrected chi connectivity index (χ2v) is 4.21. The SMILES string of the molecule is O=C(NS)c1ccc(NC(=O)c2ccccc2O)cc1. The lowest BCUT2D eigenvalue weighted by Crippen LogP contribution is -2.14. The first kappa shape index (κ1) is 14.0. The molecule has 0 spiro atoms. The van der Waals surface area contributed by atoms with Gasteiger partial charge in [-0.15, -0.1) is 0 Å².